The van der Waals surface area contributed by atoms with Crippen LogP contribution in [0.1, 0.15) is 36.1 Å². The Hall–Kier alpha value is -3.68. The molecule has 1 amide bonds. The third-order valence-corrected chi connectivity index (χ3v) is 6.02. The first kappa shape index (κ1) is 22.5. The number of nitrogens with one attached hydrogen (secondary N) is 1. The van der Waals surface area contributed by atoms with Crippen LogP contribution in [0.2, 0.25) is 0 Å². The number of hydrogen-bond acceptors (Lipinski definition) is 7. The number of carbonyl (C=O) groups is 2. The summed E-state index contributed by atoms with van der Waals surface area (Å²) in [5, 5.41) is 3.86. The van der Waals surface area contributed by atoms with E-state index in [4.69, 9.17) is 23.4 Å². The molecule has 4 rings (SSSR count). The van der Waals surface area contributed by atoms with Crippen molar-refractivity contribution in [3.05, 3.63) is 41.2 Å². The number of benzene rings is 2. The second kappa shape index (κ2) is 9.05. The first-order valence-electron chi connectivity index (χ1n) is 10.6. The normalized spacial score (nSPS) is 14.6. The molecular formula is C25H27NO7. The van der Waals surface area contributed by atoms with Gasteiger partial charge in [0, 0.05) is 23.4 Å². The Morgan fingerprint density at radius 1 is 1.06 bits per heavy atom. The average Bonchev–Trinajstić information content (AvgIpc) is 3.13. The number of ether oxygens (including phenoxy) is 4. The van der Waals surface area contributed by atoms with Gasteiger partial charge >= 0.3 is 5.97 Å². The molecule has 1 heterocycles. The molecule has 174 valence electrons. The molecule has 0 aliphatic heterocycles. The number of esters is 1. The highest BCUT2D eigenvalue weighted by Crippen LogP contribution is 2.51. The maximum Gasteiger partial charge on any atom is 0.310 e. The summed E-state index contributed by atoms with van der Waals surface area (Å²) in [6, 6.07) is 5.63. The quantitative estimate of drug-likeness (QED) is 0.564. The summed E-state index contributed by atoms with van der Waals surface area (Å²) in [7, 11) is 6.10. The van der Waals surface area contributed by atoms with Gasteiger partial charge in [0.05, 0.1) is 47.2 Å². The SMILES string of the molecule is COC(=O)Cc1coc2cc3c(cc12)-c1c(cc(OC)c(OC)c1OC)CC[C@@H]3NC(C)=O. The number of methoxy groups -OCH3 is 4. The average molecular weight is 453 g/mol. The first-order valence-corrected chi connectivity index (χ1v) is 10.6. The van der Waals surface area contributed by atoms with Crippen LogP contribution in [0.15, 0.2) is 28.9 Å². The van der Waals surface area contributed by atoms with Crippen molar-refractivity contribution in [2.24, 2.45) is 0 Å². The predicted octanol–water partition coefficient (Wildman–Crippen LogP) is 3.96. The van der Waals surface area contributed by atoms with E-state index in [0.29, 0.717) is 35.7 Å². The van der Waals surface area contributed by atoms with E-state index in [1.165, 1.54) is 14.0 Å². The van der Waals surface area contributed by atoms with E-state index in [1.807, 2.05) is 18.2 Å². The van der Waals surface area contributed by atoms with Gasteiger partial charge in [0.25, 0.3) is 0 Å². The van der Waals surface area contributed by atoms with Gasteiger partial charge in [-0.15, -0.1) is 0 Å². The third kappa shape index (κ3) is 3.97. The zero-order valence-electron chi connectivity index (χ0n) is 19.4. The Morgan fingerprint density at radius 2 is 1.82 bits per heavy atom. The summed E-state index contributed by atoms with van der Waals surface area (Å²) < 4.78 is 27.6. The minimum Gasteiger partial charge on any atom is -0.493 e. The smallest absolute Gasteiger partial charge is 0.310 e. The molecule has 0 bridgehead atoms. The van der Waals surface area contributed by atoms with Crippen LogP contribution in [0, 0.1) is 0 Å². The summed E-state index contributed by atoms with van der Waals surface area (Å²) in [6.07, 6.45) is 3.02. The molecule has 1 N–H and O–H groups in total. The third-order valence-electron chi connectivity index (χ3n) is 6.02. The van der Waals surface area contributed by atoms with Crippen molar-refractivity contribution in [1.29, 1.82) is 0 Å². The highest BCUT2D eigenvalue weighted by atomic mass is 16.5. The number of carbonyl (C=O) groups excluding carboxylic acids is 2. The molecule has 0 saturated carbocycles. The molecule has 0 spiro atoms. The zero-order valence-corrected chi connectivity index (χ0v) is 19.4. The van der Waals surface area contributed by atoms with Crippen LogP contribution < -0.4 is 19.5 Å². The largest absolute Gasteiger partial charge is 0.493 e. The minimum absolute atomic E-state index is 0.0906. The first-order chi connectivity index (χ1) is 15.9. The lowest BCUT2D eigenvalue weighted by atomic mass is 9.91. The maximum atomic E-state index is 12.0. The molecule has 0 unspecified atom stereocenters. The Bertz CT molecular complexity index is 1230. The molecule has 0 fully saturated rings. The number of furan rings is 1. The number of rotatable bonds is 6. The van der Waals surface area contributed by atoms with Gasteiger partial charge in [0.1, 0.15) is 5.58 Å². The minimum atomic E-state index is -0.354. The summed E-state index contributed by atoms with van der Waals surface area (Å²) in [4.78, 5) is 23.9. The monoisotopic (exact) mass is 453 g/mol. The van der Waals surface area contributed by atoms with Gasteiger partial charge in [-0.1, -0.05) is 0 Å². The van der Waals surface area contributed by atoms with Gasteiger partial charge in [-0.2, -0.15) is 0 Å². The lowest BCUT2D eigenvalue weighted by Crippen LogP contribution is -2.26. The predicted molar refractivity (Wildman–Crippen MR) is 122 cm³/mol. The Balaban J connectivity index is 2.03. The fourth-order valence-corrected chi connectivity index (χ4v) is 4.56. The van der Waals surface area contributed by atoms with E-state index in [2.05, 4.69) is 5.32 Å². The zero-order chi connectivity index (χ0) is 23.7. The summed E-state index contributed by atoms with van der Waals surface area (Å²) in [6.45, 7) is 1.50. The topological polar surface area (TPSA) is 96.2 Å². The van der Waals surface area contributed by atoms with Crippen molar-refractivity contribution >= 4 is 22.8 Å². The van der Waals surface area contributed by atoms with Crippen LogP contribution in [0.3, 0.4) is 0 Å². The highest BCUT2D eigenvalue weighted by molar-refractivity contribution is 5.94. The molecule has 0 saturated heterocycles. The van der Waals surface area contributed by atoms with Crippen molar-refractivity contribution in [1.82, 2.24) is 5.32 Å². The van der Waals surface area contributed by atoms with E-state index < -0.39 is 0 Å². The van der Waals surface area contributed by atoms with Crippen molar-refractivity contribution < 1.29 is 33.0 Å². The Morgan fingerprint density at radius 3 is 2.45 bits per heavy atom. The van der Waals surface area contributed by atoms with Crippen molar-refractivity contribution in [3.63, 3.8) is 0 Å². The molecule has 1 aromatic heterocycles. The van der Waals surface area contributed by atoms with Gasteiger partial charge in [-0.3, -0.25) is 9.59 Å². The van der Waals surface area contributed by atoms with Crippen LogP contribution in [0.5, 0.6) is 17.2 Å². The van der Waals surface area contributed by atoms with E-state index in [-0.39, 0.29) is 24.3 Å². The molecular weight excluding hydrogens is 426 g/mol. The highest BCUT2D eigenvalue weighted by Gasteiger charge is 2.30. The van der Waals surface area contributed by atoms with Crippen molar-refractivity contribution in [2.75, 3.05) is 28.4 Å². The summed E-state index contributed by atoms with van der Waals surface area (Å²) in [5.74, 6) is 1.14. The molecule has 8 heteroatoms. The van der Waals surface area contributed by atoms with E-state index in [9.17, 15) is 9.59 Å². The van der Waals surface area contributed by atoms with Crippen molar-refractivity contribution in [3.8, 4) is 28.4 Å². The van der Waals surface area contributed by atoms with Crippen LogP contribution in [-0.4, -0.2) is 40.3 Å². The van der Waals surface area contributed by atoms with Gasteiger partial charge in [0.15, 0.2) is 11.5 Å². The summed E-state index contributed by atoms with van der Waals surface area (Å²) >= 11 is 0. The molecule has 1 aliphatic carbocycles. The molecule has 2 aromatic carbocycles. The molecule has 33 heavy (non-hydrogen) atoms. The van der Waals surface area contributed by atoms with Crippen LogP contribution in [0.25, 0.3) is 22.1 Å². The standard InChI is InChI=1S/C25H27NO7/c1-13(27)26-19-7-6-14-8-21(29-2)24(31-4)25(32-5)23(14)18-10-16-15(9-22(28)30-3)12-33-20(16)11-17(18)19/h8,10-12,19H,6-7,9H2,1-5H3,(H,26,27)/t19-/m0/s1. The fraction of sp³-hybridized carbons (Fsp3) is 0.360. The van der Waals surface area contributed by atoms with Gasteiger partial charge in [0.2, 0.25) is 11.7 Å². The lowest BCUT2D eigenvalue weighted by Gasteiger charge is -2.21. The molecule has 3 aromatic rings. The second-order valence-corrected chi connectivity index (χ2v) is 7.92. The number of hydrogen-bond donors (Lipinski definition) is 1. The number of amides is 1. The molecule has 1 aliphatic rings. The van der Waals surface area contributed by atoms with Crippen LogP contribution in [-0.2, 0) is 27.2 Å². The Labute approximate surface area is 191 Å². The fourth-order valence-electron chi connectivity index (χ4n) is 4.56. The number of fused-ring (bicyclic) bond motifs is 4. The van der Waals surface area contributed by atoms with E-state index >= 15 is 0 Å². The van der Waals surface area contributed by atoms with Crippen LogP contribution >= 0.6 is 0 Å². The molecule has 8 nitrogen and oxygen atoms in total. The van der Waals surface area contributed by atoms with Gasteiger partial charge in [-0.25, -0.2) is 0 Å². The van der Waals surface area contributed by atoms with Crippen molar-refractivity contribution in [2.45, 2.75) is 32.2 Å². The molecule has 1 atom stereocenters. The Kier molecular flexibility index (Phi) is 6.18. The number of aryl methyl sites for hydroxylation is 1. The van der Waals surface area contributed by atoms with E-state index in [1.54, 1.807) is 27.6 Å². The second-order valence-electron chi connectivity index (χ2n) is 7.92. The molecule has 0 radical (unpaired) electrons. The maximum absolute atomic E-state index is 12.0. The van der Waals surface area contributed by atoms with E-state index in [0.717, 1.165) is 33.2 Å². The van der Waals surface area contributed by atoms with Gasteiger partial charge < -0.3 is 28.7 Å². The van der Waals surface area contributed by atoms with Crippen LogP contribution in [0.4, 0.5) is 0 Å². The lowest BCUT2D eigenvalue weighted by molar-refractivity contribution is -0.139. The summed E-state index contributed by atoms with van der Waals surface area (Å²) in [5.41, 5.74) is 5.01. The van der Waals surface area contributed by atoms with Gasteiger partial charge in [-0.05, 0) is 47.7 Å².